The Bertz CT molecular complexity index is 2310. The number of benzene rings is 4. The SMILES string of the molecule is COc1ccc2c(O[C@@H]3C[C@H]4C(=O)N[C@]5(C(=O)NOc6ccccc6)C[C@@H]5/C=C\CCCCC[C@H](Nc5cccc(F)c5)C(=O)N4C3)cc(-c3ccccc3)nc2c1. The molecule has 2 aliphatic heterocycles. The second-order valence-corrected chi connectivity index (χ2v) is 15.1. The number of nitrogens with zero attached hydrogens (tertiary/aromatic N) is 2. The van der Waals surface area contributed by atoms with Gasteiger partial charge in [-0.25, -0.2) is 9.37 Å². The predicted octanol–water partition coefficient (Wildman–Crippen LogP) is 7.38. The summed E-state index contributed by atoms with van der Waals surface area (Å²) in [7, 11) is 1.60. The Balaban J connectivity index is 1.12. The number of nitrogens with one attached hydrogen (secondary N) is 3. The molecule has 4 aromatic carbocycles. The van der Waals surface area contributed by atoms with E-state index in [-0.39, 0.29) is 24.8 Å². The first-order valence-corrected chi connectivity index (χ1v) is 19.8. The second kappa shape index (κ2) is 17.0. The quantitative estimate of drug-likeness (QED) is 0.104. The maximum absolute atomic E-state index is 14.8. The van der Waals surface area contributed by atoms with Crippen molar-refractivity contribution in [1.82, 2.24) is 20.7 Å². The first-order chi connectivity index (χ1) is 28.3. The molecule has 0 spiro atoms. The van der Waals surface area contributed by atoms with Gasteiger partial charge in [-0.2, -0.15) is 5.48 Å². The first kappa shape index (κ1) is 38.4. The highest BCUT2D eigenvalue weighted by atomic mass is 19.1. The lowest BCUT2D eigenvalue weighted by molar-refractivity contribution is -0.141. The van der Waals surface area contributed by atoms with Gasteiger partial charge in [-0.15, -0.1) is 0 Å². The van der Waals surface area contributed by atoms with Crippen molar-refractivity contribution in [1.29, 1.82) is 0 Å². The average molecular weight is 784 g/mol. The van der Waals surface area contributed by atoms with Crippen LogP contribution in [0, 0.1) is 11.7 Å². The number of amides is 3. The number of hydrogen-bond donors (Lipinski definition) is 3. The van der Waals surface area contributed by atoms with E-state index < -0.39 is 41.4 Å². The number of ether oxygens (including phenoxy) is 2. The Morgan fingerprint density at radius 3 is 2.52 bits per heavy atom. The van der Waals surface area contributed by atoms with Crippen LogP contribution in [0.1, 0.15) is 44.9 Å². The second-order valence-electron chi connectivity index (χ2n) is 15.1. The number of methoxy groups -OCH3 is 1. The van der Waals surface area contributed by atoms with Gasteiger partial charge in [-0.3, -0.25) is 14.4 Å². The number of hydrogen-bond acceptors (Lipinski definition) is 8. The molecule has 8 rings (SSSR count). The summed E-state index contributed by atoms with van der Waals surface area (Å²) in [6, 6.07) is 30.4. The monoisotopic (exact) mass is 783 g/mol. The molecule has 11 nitrogen and oxygen atoms in total. The number of aromatic nitrogens is 1. The molecule has 3 aliphatic rings. The fraction of sp³-hybridized carbons (Fsp3) is 0.304. The zero-order chi connectivity index (χ0) is 40.1. The van der Waals surface area contributed by atoms with Crippen molar-refractivity contribution in [2.24, 2.45) is 5.92 Å². The van der Waals surface area contributed by atoms with Crippen molar-refractivity contribution in [2.75, 3.05) is 19.0 Å². The first-order valence-electron chi connectivity index (χ1n) is 19.8. The van der Waals surface area contributed by atoms with E-state index >= 15 is 0 Å². The van der Waals surface area contributed by atoms with Gasteiger partial charge in [0.05, 0.1) is 24.9 Å². The van der Waals surface area contributed by atoms with Crippen molar-refractivity contribution in [3.05, 3.63) is 127 Å². The maximum atomic E-state index is 14.8. The molecule has 0 unspecified atom stereocenters. The largest absolute Gasteiger partial charge is 0.497 e. The molecule has 58 heavy (non-hydrogen) atoms. The Hall–Kier alpha value is -6.43. The van der Waals surface area contributed by atoms with E-state index in [1.807, 2.05) is 66.7 Å². The molecule has 1 saturated carbocycles. The van der Waals surface area contributed by atoms with Gasteiger partial charge in [0.25, 0.3) is 5.91 Å². The van der Waals surface area contributed by atoms with E-state index in [0.717, 1.165) is 36.6 Å². The lowest BCUT2D eigenvalue weighted by Gasteiger charge is -2.30. The molecular formula is C46H46FN5O6. The van der Waals surface area contributed by atoms with E-state index in [2.05, 4.69) is 22.2 Å². The van der Waals surface area contributed by atoms with Crippen molar-refractivity contribution in [3.63, 3.8) is 0 Å². The molecule has 3 heterocycles. The Kier molecular flexibility index (Phi) is 11.2. The normalized spacial score (nSPS) is 23.9. The van der Waals surface area contributed by atoms with Crippen molar-refractivity contribution in [3.8, 4) is 28.5 Å². The number of carbonyl (C=O) groups excluding carboxylic acids is 3. The molecule has 298 valence electrons. The highest BCUT2D eigenvalue weighted by Gasteiger charge is 2.61. The van der Waals surface area contributed by atoms with Crippen LogP contribution in [0.25, 0.3) is 22.2 Å². The highest BCUT2D eigenvalue weighted by Crippen LogP contribution is 2.46. The standard InChI is InChI=1S/C46H46FN5O6/c1-56-35-22-23-37-40(25-35)49-39(30-14-7-5-8-15-30)27-42(37)57-36-26-41-43(53)50-46(45(55)51-58-34-19-10-6-11-20-34)28-31(46)16-9-3-2-4-12-21-38(44(54)52(41)29-36)48-33-18-13-17-32(47)24-33/h5-11,13-20,22-25,27,31,36,38,41,48H,2-4,12,21,26,28-29H2,1H3,(H,50,53)(H,51,55)/b16-9-/t31-,36+,38-,41-,46+/m0/s1. The predicted molar refractivity (Wildman–Crippen MR) is 218 cm³/mol. The number of rotatable bonds is 9. The van der Waals surface area contributed by atoms with Crippen LogP contribution in [0.2, 0.25) is 0 Å². The molecule has 1 aliphatic carbocycles. The van der Waals surface area contributed by atoms with Gasteiger partial charge >= 0.3 is 0 Å². The molecule has 2 fully saturated rings. The van der Waals surface area contributed by atoms with Gasteiger partial charge in [0.2, 0.25) is 11.8 Å². The maximum Gasteiger partial charge on any atom is 0.278 e. The van der Waals surface area contributed by atoms with E-state index in [0.29, 0.717) is 47.0 Å². The van der Waals surface area contributed by atoms with Crippen molar-refractivity contribution in [2.45, 2.75) is 68.7 Å². The molecule has 5 aromatic rings. The van der Waals surface area contributed by atoms with Gasteiger partial charge in [0.15, 0.2) is 5.75 Å². The number of halogens is 1. The van der Waals surface area contributed by atoms with Gasteiger partial charge < -0.3 is 29.8 Å². The average Bonchev–Trinajstić information content (AvgIpc) is 3.78. The van der Waals surface area contributed by atoms with Gasteiger partial charge in [0.1, 0.15) is 41.0 Å². The van der Waals surface area contributed by atoms with Gasteiger partial charge in [0, 0.05) is 41.1 Å². The van der Waals surface area contributed by atoms with E-state index in [1.165, 1.54) is 12.1 Å². The van der Waals surface area contributed by atoms with Crippen molar-refractivity contribution >= 4 is 34.3 Å². The molecule has 1 aromatic heterocycles. The van der Waals surface area contributed by atoms with Crippen LogP contribution in [0.15, 0.2) is 121 Å². The third-order valence-corrected chi connectivity index (χ3v) is 11.2. The number of hydroxylamine groups is 1. The van der Waals surface area contributed by atoms with Crippen LogP contribution in [-0.2, 0) is 14.4 Å². The van der Waals surface area contributed by atoms with E-state index in [9.17, 15) is 18.8 Å². The number of fused-ring (bicyclic) bond motifs is 3. The molecule has 3 amide bonds. The zero-order valence-corrected chi connectivity index (χ0v) is 32.2. The lowest BCUT2D eigenvalue weighted by atomic mass is 10.0. The number of para-hydroxylation sites is 1. The summed E-state index contributed by atoms with van der Waals surface area (Å²) in [6.45, 7) is 0.0958. The fourth-order valence-electron chi connectivity index (χ4n) is 7.97. The number of carbonyl (C=O) groups is 3. The topological polar surface area (TPSA) is 131 Å². The van der Waals surface area contributed by atoms with Crippen LogP contribution in [-0.4, -0.2) is 65.0 Å². The highest BCUT2D eigenvalue weighted by molar-refractivity contribution is 5.98. The van der Waals surface area contributed by atoms with E-state index in [1.54, 1.807) is 48.4 Å². The summed E-state index contributed by atoms with van der Waals surface area (Å²) in [5, 5.41) is 7.09. The Morgan fingerprint density at radius 2 is 1.72 bits per heavy atom. The van der Waals surface area contributed by atoms with Crippen LogP contribution in [0.5, 0.6) is 17.2 Å². The molecular weight excluding hydrogens is 738 g/mol. The molecule has 5 atom stereocenters. The number of pyridine rings is 1. The van der Waals surface area contributed by atoms with Crippen LogP contribution in [0.3, 0.4) is 0 Å². The molecule has 0 bridgehead atoms. The Morgan fingerprint density at radius 1 is 0.914 bits per heavy atom. The summed E-state index contributed by atoms with van der Waals surface area (Å²) in [4.78, 5) is 55.4. The van der Waals surface area contributed by atoms with Gasteiger partial charge in [-0.1, -0.05) is 79.6 Å². The lowest BCUT2D eigenvalue weighted by Crippen LogP contribution is -2.57. The molecule has 1 saturated heterocycles. The Labute approximate surface area is 336 Å². The molecule has 3 N–H and O–H groups in total. The minimum absolute atomic E-state index is 0.0958. The third-order valence-electron chi connectivity index (χ3n) is 11.2. The summed E-state index contributed by atoms with van der Waals surface area (Å²) in [6.07, 6.45) is 7.70. The number of anilines is 1. The van der Waals surface area contributed by atoms with Crippen molar-refractivity contribution < 1.29 is 33.1 Å². The third kappa shape index (κ3) is 8.46. The zero-order valence-electron chi connectivity index (χ0n) is 32.2. The van der Waals surface area contributed by atoms with Gasteiger partial charge in [-0.05, 0) is 68.1 Å². The summed E-state index contributed by atoms with van der Waals surface area (Å²) < 4.78 is 26.7. The number of allylic oxidation sites excluding steroid dienone is 1. The summed E-state index contributed by atoms with van der Waals surface area (Å²) in [5.74, 6) is -0.322. The minimum Gasteiger partial charge on any atom is -0.497 e. The van der Waals surface area contributed by atoms with E-state index in [4.69, 9.17) is 19.3 Å². The fourth-order valence-corrected chi connectivity index (χ4v) is 7.97. The van der Waals surface area contributed by atoms with Crippen LogP contribution < -0.4 is 30.4 Å². The summed E-state index contributed by atoms with van der Waals surface area (Å²) in [5.41, 5.74) is 4.00. The minimum atomic E-state index is -1.28. The van der Waals surface area contributed by atoms with Crippen LogP contribution in [0.4, 0.5) is 10.1 Å². The molecule has 0 radical (unpaired) electrons. The summed E-state index contributed by atoms with van der Waals surface area (Å²) >= 11 is 0. The molecule has 12 heteroatoms. The van der Waals surface area contributed by atoms with Crippen LogP contribution >= 0.6 is 0 Å². The smallest absolute Gasteiger partial charge is 0.278 e.